The van der Waals surface area contributed by atoms with Gasteiger partial charge in [0.1, 0.15) is 41.9 Å². The molecule has 24 heteroatoms. The van der Waals surface area contributed by atoms with Crippen LogP contribution in [0.5, 0.6) is 11.5 Å². The van der Waals surface area contributed by atoms with E-state index in [0.717, 1.165) is 56.2 Å². The molecule has 0 spiro atoms. The van der Waals surface area contributed by atoms with Crippen LogP contribution in [0.1, 0.15) is 172 Å². The number of anilines is 2. The second kappa shape index (κ2) is 29.2. The van der Waals surface area contributed by atoms with Crippen LogP contribution in [0, 0.1) is 23.7 Å². The highest BCUT2D eigenvalue weighted by Crippen LogP contribution is 2.37. The Bertz CT molecular complexity index is 3750. The van der Waals surface area contributed by atoms with Crippen LogP contribution in [-0.4, -0.2) is 102 Å². The summed E-state index contributed by atoms with van der Waals surface area (Å²) in [6.45, 7) is 28.1. The first kappa shape index (κ1) is 70.6. The summed E-state index contributed by atoms with van der Waals surface area (Å²) in [5.74, 6) is -2.61. The number of ether oxygens (including phenoxy) is 3. The number of nitrogens with one attached hydrogen (secondary N) is 5. The van der Waals surface area contributed by atoms with Crippen LogP contribution in [0.3, 0.4) is 0 Å². The highest BCUT2D eigenvalue weighted by Gasteiger charge is 2.43. The summed E-state index contributed by atoms with van der Waals surface area (Å²) in [7, 11) is -9.03. The van der Waals surface area contributed by atoms with Crippen LogP contribution in [0.2, 0.25) is 0 Å². The summed E-state index contributed by atoms with van der Waals surface area (Å²) in [5.41, 5.74) is -0.0538. The number of benzene rings is 2. The van der Waals surface area contributed by atoms with Crippen molar-refractivity contribution in [3.05, 3.63) is 155 Å². The van der Waals surface area contributed by atoms with Gasteiger partial charge in [-0.25, -0.2) is 34.2 Å². The third-order valence-corrected chi connectivity index (χ3v) is 17.6. The van der Waals surface area contributed by atoms with Crippen LogP contribution in [0.4, 0.5) is 25.2 Å². The van der Waals surface area contributed by atoms with E-state index in [1.807, 2.05) is 146 Å². The zero-order valence-electron chi connectivity index (χ0n) is 54.4. The fraction of sp³-hybridized carbons (Fsp3) is 0.478. The van der Waals surface area contributed by atoms with E-state index in [4.69, 9.17) is 14.2 Å². The number of likely N-dealkylation sites (tertiary alicyclic amines) is 1. The number of nitrogens with zero attached hydrogens (tertiary/aromatic N) is 5. The Hall–Kier alpha value is -7.83. The largest absolute Gasteiger partial charge is 0.489 e. The van der Waals surface area contributed by atoms with Gasteiger partial charge in [0.05, 0.1) is 11.1 Å². The van der Waals surface area contributed by atoms with Gasteiger partial charge >= 0.3 is 6.09 Å². The lowest BCUT2D eigenvalue weighted by atomic mass is 9.91. The van der Waals surface area contributed by atoms with Gasteiger partial charge in [0.25, 0.3) is 31.9 Å². The monoisotopic (exact) mass is 1290 g/mol. The zero-order chi connectivity index (χ0) is 66.7. The van der Waals surface area contributed by atoms with Gasteiger partial charge in [-0.1, -0.05) is 102 Å². The van der Waals surface area contributed by atoms with Gasteiger partial charge < -0.3 is 35.1 Å². The third kappa shape index (κ3) is 20.8. The Morgan fingerprint density at radius 1 is 0.593 bits per heavy atom. The number of hydrogen-bond acceptors (Lipinski definition) is 17. The molecular formula is C67H88F2N10O10S2. The Morgan fingerprint density at radius 2 is 1.02 bits per heavy atom. The molecular weight excluding hydrogens is 1210 g/mol. The van der Waals surface area contributed by atoms with Gasteiger partial charge in [0, 0.05) is 77.2 Å². The summed E-state index contributed by atoms with van der Waals surface area (Å²) in [6, 6.07) is 29.9. The highest BCUT2D eigenvalue weighted by molar-refractivity contribution is 7.90. The zero-order valence-corrected chi connectivity index (χ0v) is 56.1. The molecule has 3 amide bonds. The van der Waals surface area contributed by atoms with Crippen molar-refractivity contribution in [2.45, 2.75) is 179 Å². The maximum absolute atomic E-state index is 14.8. The minimum Gasteiger partial charge on any atom is -0.489 e. The number of halogens is 2. The third-order valence-electron chi connectivity index (χ3n) is 15.2. The molecule has 0 radical (unpaired) electrons. The fourth-order valence-corrected chi connectivity index (χ4v) is 12.4. The molecule has 0 bridgehead atoms. The Kier molecular flexibility index (Phi) is 22.7. The molecule has 2 unspecified atom stereocenters. The number of sulfonamides is 2. The van der Waals surface area contributed by atoms with Crippen LogP contribution in [0.15, 0.2) is 119 Å². The van der Waals surface area contributed by atoms with E-state index in [2.05, 4.69) is 49.7 Å². The van der Waals surface area contributed by atoms with Gasteiger partial charge in [-0.15, -0.1) is 0 Å². The molecule has 492 valence electrons. The first-order valence-corrected chi connectivity index (χ1v) is 33.5. The maximum atomic E-state index is 14.8. The van der Waals surface area contributed by atoms with Crippen molar-refractivity contribution in [1.82, 2.24) is 39.6 Å². The lowest BCUT2D eigenvalue weighted by molar-refractivity contribution is 0.0130. The molecule has 6 heterocycles. The van der Waals surface area contributed by atoms with E-state index in [1.54, 1.807) is 17.0 Å². The summed E-state index contributed by atoms with van der Waals surface area (Å²) in [4.78, 5) is 56.6. The molecule has 2 aliphatic heterocycles. The number of carbonyl (C=O) groups excluding carboxylic acids is 3. The van der Waals surface area contributed by atoms with Gasteiger partial charge in [-0.3, -0.25) is 9.59 Å². The second-order valence-electron chi connectivity index (χ2n) is 27.5. The number of rotatable bonds is 22. The summed E-state index contributed by atoms with van der Waals surface area (Å²) >= 11 is 0. The first-order chi connectivity index (χ1) is 42.4. The normalized spacial score (nSPS) is 16.5. The van der Waals surface area contributed by atoms with E-state index < -0.39 is 81.4 Å². The number of amides is 3. The minimum atomic E-state index is -4.55. The molecule has 8 rings (SSSR count). The van der Waals surface area contributed by atoms with Crippen molar-refractivity contribution in [3.63, 3.8) is 0 Å². The van der Waals surface area contributed by atoms with Crippen molar-refractivity contribution in [2.24, 2.45) is 11.8 Å². The van der Waals surface area contributed by atoms with Crippen LogP contribution in [0.25, 0.3) is 0 Å². The Balaban J connectivity index is 0.000000261. The average molecular weight is 1300 g/mol. The van der Waals surface area contributed by atoms with E-state index in [9.17, 15) is 40.0 Å². The average Bonchev–Trinajstić information content (AvgIpc) is 1.74. The van der Waals surface area contributed by atoms with Crippen molar-refractivity contribution >= 4 is 49.6 Å². The first-order valence-electron chi connectivity index (χ1n) is 30.5. The Labute approximate surface area is 535 Å². The van der Waals surface area contributed by atoms with E-state index in [0.29, 0.717) is 42.8 Å². The van der Waals surface area contributed by atoms with Gasteiger partial charge in [0.15, 0.2) is 10.1 Å². The molecule has 5 N–H and O–H groups in total. The summed E-state index contributed by atoms with van der Waals surface area (Å²) in [5, 5.41) is 9.00. The van der Waals surface area contributed by atoms with E-state index in [1.165, 1.54) is 36.4 Å². The second-order valence-corrected chi connectivity index (χ2v) is 30.7. The standard InChI is InChI=1S/C36H48FN5O6S.C31H40FN5O4S/c1-34(2,3)28-17-16-27(31(37)39-28)32(43)41-49(45,46)30-20-26(47-23-24-13-10-9-11-14-24)19-29(40-30)38-18-12-15-25-21-36(7,8)42(22-25)33(44)48-35(4,5)6;1-30(2,3)25-14-13-24(28(32)35-25)29(38)37-42(39,40)27-17-23(41-20-21-10-7-6-8-11-21)16-26(36-27)33-15-9-12-22-18-31(4,5)34-19-22/h9-11,13-14,16-17,19-20,25H,12,15,18,21-23H2,1-8H3,(H,38,40)(H,41,43);6-8,10-11,13-14,16-17,22,34H,9,12,15,18-20H2,1-5H3,(H,33,36)(H,37,38). The molecule has 2 fully saturated rings. The van der Waals surface area contributed by atoms with Crippen molar-refractivity contribution in [2.75, 3.05) is 36.8 Å². The lowest BCUT2D eigenvalue weighted by Gasteiger charge is -2.33. The molecule has 6 aromatic rings. The fourth-order valence-electron chi connectivity index (χ4n) is 10.5. The summed E-state index contributed by atoms with van der Waals surface area (Å²) < 4.78 is 104. The number of carbonyl (C=O) groups is 3. The maximum Gasteiger partial charge on any atom is 0.410 e. The van der Waals surface area contributed by atoms with Crippen molar-refractivity contribution < 1.29 is 54.2 Å². The molecule has 2 atom stereocenters. The predicted octanol–water partition coefficient (Wildman–Crippen LogP) is 12.0. The molecule has 2 saturated heterocycles. The minimum absolute atomic E-state index is 0.144. The van der Waals surface area contributed by atoms with Gasteiger partial charge in [0.2, 0.25) is 11.9 Å². The molecule has 0 aliphatic carbocycles. The topological polar surface area (TPSA) is 262 Å². The molecule has 0 saturated carbocycles. The van der Waals surface area contributed by atoms with E-state index >= 15 is 0 Å². The molecule has 2 aliphatic rings. The van der Waals surface area contributed by atoms with Crippen molar-refractivity contribution in [1.29, 1.82) is 0 Å². The number of aromatic nitrogens is 4. The van der Waals surface area contributed by atoms with Crippen molar-refractivity contribution in [3.8, 4) is 11.5 Å². The predicted molar refractivity (Wildman–Crippen MR) is 346 cm³/mol. The van der Waals surface area contributed by atoms with Gasteiger partial charge in [-0.05, 0) is 141 Å². The van der Waals surface area contributed by atoms with Crippen LogP contribution < -0.4 is 34.9 Å². The lowest BCUT2D eigenvalue weighted by Crippen LogP contribution is -2.45. The van der Waals surface area contributed by atoms with Crippen LogP contribution in [-0.2, 0) is 48.8 Å². The molecule has 91 heavy (non-hydrogen) atoms. The molecule has 4 aromatic heterocycles. The summed E-state index contributed by atoms with van der Waals surface area (Å²) in [6.07, 6.45) is 5.02. The van der Waals surface area contributed by atoms with E-state index in [-0.39, 0.29) is 53.6 Å². The molecule has 2 aromatic carbocycles. The number of hydrogen-bond donors (Lipinski definition) is 5. The quantitative estimate of drug-likeness (QED) is 0.0312. The molecule has 20 nitrogen and oxygen atoms in total. The SMILES string of the molecule is CC(C)(C)OC(=O)N1CC(CCCNc2cc(OCc3ccccc3)cc(S(=O)(=O)NC(=O)c3ccc(C(C)(C)C)nc3F)n2)CC1(C)C.CC1(C)CC(CCCNc2cc(OCc3ccccc3)cc(S(=O)(=O)NC(=O)c3ccc(C(C)(C)C)nc3F)n2)CN1. The van der Waals surface area contributed by atoms with Gasteiger partial charge in [-0.2, -0.15) is 25.6 Å². The number of pyridine rings is 4. The van der Waals surface area contributed by atoms with Crippen LogP contribution >= 0.6 is 0 Å². The highest BCUT2D eigenvalue weighted by atomic mass is 32.2. The Morgan fingerprint density at radius 3 is 1.41 bits per heavy atom. The smallest absolute Gasteiger partial charge is 0.410 e.